The second-order valence-electron chi connectivity index (χ2n) is 4.94. The molecule has 1 rings (SSSR count). The molecule has 1 heterocycles. The molecule has 21 heavy (non-hydrogen) atoms. The normalized spacial score (nSPS) is 12.2. The fourth-order valence-electron chi connectivity index (χ4n) is 1.80. The number of nitrogens with one attached hydrogen (secondary N) is 1. The van der Waals surface area contributed by atoms with Crippen molar-refractivity contribution in [3.63, 3.8) is 0 Å². The lowest BCUT2D eigenvalue weighted by Crippen LogP contribution is -2.33. The number of carbonyl (C=O) groups is 1. The predicted octanol–water partition coefficient (Wildman–Crippen LogP) is 2.13. The first-order valence-electron chi connectivity index (χ1n) is 7.54. The van der Waals surface area contributed by atoms with Crippen LogP contribution in [0.1, 0.15) is 45.7 Å². The van der Waals surface area contributed by atoms with Crippen molar-refractivity contribution in [1.82, 2.24) is 14.9 Å². The molecular weight excluding hydrogens is 286 g/mol. The molecule has 1 unspecified atom stereocenters. The molecule has 1 N–H and O–H groups in total. The van der Waals surface area contributed by atoms with Crippen molar-refractivity contribution in [1.29, 1.82) is 0 Å². The Hall–Kier alpha value is -1.30. The van der Waals surface area contributed by atoms with Gasteiger partial charge in [-0.3, -0.25) is 14.2 Å². The predicted molar refractivity (Wildman–Crippen MR) is 86.7 cm³/mol. The molecule has 0 aliphatic rings. The van der Waals surface area contributed by atoms with E-state index in [9.17, 15) is 9.59 Å². The van der Waals surface area contributed by atoms with E-state index in [1.807, 2.05) is 13.8 Å². The van der Waals surface area contributed by atoms with Gasteiger partial charge in [-0.15, -0.1) is 0 Å². The highest BCUT2D eigenvalue weighted by Crippen LogP contribution is 2.23. The van der Waals surface area contributed by atoms with E-state index in [4.69, 9.17) is 0 Å². The van der Waals surface area contributed by atoms with Crippen LogP contribution in [-0.2, 0) is 18.3 Å². The summed E-state index contributed by atoms with van der Waals surface area (Å²) in [7, 11) is 1.69. The Morgan fingerprint density at radius 3 is 2.71 bits per heavy atom. The molecule has 0 spiro atoms. The monoisotopic (exact) mass is 311 g/mol. The highest BCUT2D eigenvalue weighted by Gasteiger charge is 2.20. The van der Waals surface area contributed by atoms with Crippen LogP contribution in [0.3, 0.4) is 0 Å². The molecule has 1 atom stereocenters. The minimum absolute atomic E-state index is 0.0205. The third-order valence-electron chi connectivity index (χ3n) is 3.25. The highest BCUT2D eigenvalue weighted by atomic mass is 32.2. The van der Waals surface area contributed by atoms with Gasteiger partial charge in [-0.1, -0.05) is 39.0 Å². The Morgan fingerprint density at radius 2 is 2.14 bits per heavy atom. The lowest BCUT2D eigenvalue weighted by molar-refractivity contribution is -0.120. The Bertz CT molecular complexity index is 528. The molecule has 1 aromatic heterocycles. The van der Waals surface area contributed by atoms with E-state index in [-0.39, 0.29) is 16.7 Å². The molecule has 5 nitrogen and oxygen atoms in total. The van der Waals surface area contributed by atoms with Crippen molar-refractivity contribution in [2.24, 2.45) is 7.05 Å². The van der Waals surface area contributed by atoms with Crippen LogP contribution in [0, 0.1) is 0 Å². The highest BCUT2D eigenvalue weighted by molar-refractivity contribution is 8.00. The number of unbranched alkanes of at least 4 members (excludes halogenated alkanes) is 1. The minimum atomic E-state index is -0.216. The Kier molecular flexibility index (Phi) is 7.50. The number of aromatic nitrogens is 2. The zero-order valence-electron chi connectivity index (χ0n) is 13.3. The number of hydrogen-bond donors (Lipinski definition) is 1. The second-order valence-corrected chi connectivity index (χ2v) is 6.11. The van der Waals surface area contributed by atoms with Crippen LogP contribution >= 0.6 is 11.8 Å². The number of rotatable bonds is 8. The largest absolute Gasteiger partial charge is 0.355 e. The fraction of sp³-hybridized carbons (Fsp3) is 0.667. The number of nitrogens with zero attached hydrogens (tertiary/aromatic N) is 2. The van der Waals surface area contributed by atoms with Gasteiger partial charge >= 0.3 is 0 Å². The maximum Gasteiger partial charge on any atom is 0.254 e. The van der Waals surface area contributed by atoms with Crippen molar-refractivity contribution in [2.75, 3.05) is 6.54 Å². The average Bonchev–Trinajstić information content (AvgIpc) is 2.48. The molecule has 0 bridgehead atoms. The third-order valence-corrected chi connectivity index (χ3v) is 4.66. The van der Waals surface area contributed by atoms with E-state index in [1.54, 1.807) is 13.1 Å². The summed E-state index contributed by atoms with van der Waals surface area (Å²) in [6.07, 6.45) is 3.45. The van der Waals surface area contributed by atoms with Crippen LogP contribution < -0.4 is 10.9 Å². The number of amides is 1. The lowest BCUT2D eigenvalue weighted by atomic mass is 10.3. The van der Waals surface area contributed by atoms with E-state index in [0.717, 1.165) is 18.5 Å². The van der Waals surface area contributed by atoms with Gasteiger partial charge in [0.15, 0.2) is 5.16 Å². The van der Waals surface area contributed by atoms with Crippen molar-refractivity contribution in [3.8, 4) is 0 Å². The molecule has 0 aromatic carbocycles. The molecule has 0 aliphatic carbocycles. The number of thioether (sulfide) groups is 1. The maximum atomic E-state index is 12.2. The summed E-state index contributed by atoms with van der Waals surface area (Å²) in [6, 6.07) is 1.55. The first-order valence-corrected chi connectivity index (χ1v) is 8.42. The van der Waals surface area contributed by atoms with E-state index < -0.39 is 0 Å². The number of hydrogen-bond acceptors (Lipinski definition) is 4. The summed E-state index contributed by atoms with van der Waals surface area (Å²) in [5.41, 5.74) is 0.687. The molecule has 6 heteroatoms. The van der Waals surface area contributed by atoms with Crippen molar-refractivity contribution < 1.29 is 4.79 Å². The lowest BCUT2D eigenvalue weighted by Gasteiger charge is -2.16. The van der Waals surface area contributed by atoms with Crippen LogP contribution in [0.25, 0.3) is 0 Å². The van der Waals surface area contributed by atoms with Crippen molar-refractivity contribution in [2.45, 2.75) is 56.9 Å². The van der Waals surface area contributed by atoms with Gasteiger partial charge in [0, 0.05) is 25.4 Å². The Morgan fingerprint density at radius 1 is 1.43 bits per heavy atom. The number of aryl methyl sites for hydroxylation is 1. The SMILES string of the molecule is CCCCNC(=O)C(CC)Sc1nc(CC)cc(=O)n1C. The molecule has 0 fully saturated rings. The van der Waals surface area contributed by atoms with Crippen LogP contribution in [0.4, 0.5) is 0 Å². The van der Waals surface area contributed by atoms with Crippen LogP contribution in [0.15, 0.2) is 16.0 Å². The van der Waals surface area contributed by atoms with Gasteiger partial charge < -0.3 is 5.32 Å². The average molecular weight is 311 g/mol. The van der Waals surface area contributed by atoms with E-state index >= 15 is 0 Å². The van der Waals surface area contributed by atoms with E-state index in [0.29, 0.717) is 24.5 Å². The Balaban J connectivity index is 2.83. The van der Waals surface area contributed by atoms with Crippen molar-refractivity contribution >= 4 is 17.7 Å². The molecule has 0 saturated carbocycles. The zero-order chi connectivity index (χ0) is 15.8. The van der Waals surface area contributed by atoms with Gasteiger partial charge in [0.05, 0.1) is 5.25 Å². The fourth-order valence-corrected chi connectivity index (χ4v) is 2.83. The summed E-state index contributed by atoms with van der Waals surface area (Å²) in [5.74, 6) is 0.0205. The zero-order valence-corrected chi connectivity index (χ0v) is 14.1. The molecule has 0 radical (unpaired) electrons. The Labute approximate surface area is 130 Å². The molecule has 1 aromatic rings. The van der Waals surface area contributed by atoms with Gasteiger partial charge in [0.1, 0.15) is 0 Å². The molecular formula is C15H25N3O2S. The topological polar surface area (TPSA) is 64.0 Å². The van der Waals surface area contributed by atoms with E-state index in [2.05, 4.69) is 17.2 Å². The maximum absolute atomic E-state index is 12.2. The quantitative estimate of drug-likeness (QED) is 0.454. The summed E-state index contributed by atoms with van der Waals surface area (Å²) >= 11 is 1.36. The number of carbonyl (C=O) groups excluding carboxylic acids is 1. The molecule has 1 amide bonds. The van der Waals surface area contributed by atoms with Gasteiger partial charge in [0.25, 0.3) is 5.56 Å². The molecule has 118 valence electrons. The smallest absolute Gasteiger partial charge is 0.254 e. The summed E-state index contributed by atoms with van der Waals surface area (Å²) in [6.45, 7) is 6.73. The van der Waals surface area contributed by atoms with Crippen molar-refractivity contribution in [3.05, 3.63) is 22.1 Å². The minimum Gasteiger partial charge on any atom is -0.355 e. The van der Waals surface area contributed by atoms with Gasteiger partial charge in [-0.25, -0.2) is 4.98 Å². The summed E-state index contributed by atoms with van der Waals surface area (Å²) < 4.78 is 1.51. The first kappa shape index (κ1) is 17.8. The first-order chi connectivity index (χ1) is 10.0. The van der Waals surface area contributed by atoms with Gasteiger partial charge in [-0.2, -0.15) is 0 Å². The summed E-state index contributed by atoms with van der Waals surface area (Å²) in [4.78, 5) is 28.5. The van der Waals surface area contributed by atoms with Gasteiger partial charge in [-0.05, 0) is 19.3 Å². The summed E-state index contributed by atoms with van der Waals surface area (Å²) in [5, 5.41) is 3.34. The van der Waals surface area contributed by atoms with Gasteiger partial charge in [0.2, 0.25) is 5.91 Å². The van der Waals surface area contributed by atoms with Crippen LogP contribution in [0.5, 0.6) is 0 Å². The standard InChI is InChI=1S/C15H25N3O2S/c1-5-8-9-16-14(20)12(7-3)21-15-17-11(6-2)10-13(19)18(15)4/h10,12H,5-9H2,1-4H3,(H,16,20). The molecule has 0 saturated heterocycles. The van der Waals surface area contributed by atoms with Crippen LogP contribution in [-0.4, -0.2) is 27.3 Å². The van der Waals surface area contributed by atoms with Crippen LogP contribution in [0.2, 0.25) is 0 Å². The third kappa shape index (κ3) is 5.19. The second kappa shape index (κ2) is 8.87. The molecule has 0 aliphatic heterocycles. The van der Waals surface area contributed by atoms with E-state index in [1.165, 1.54) is 16.3 Å².